The molecule has 2 aliphatic heterocycles. The maximum atomic E-state index is 11.8. The van der Waals surface area contributed by atoms with Crippen LogP contribution in [-0.4, -0.2) is 39.8 Å². The van der Waals surface area contributed by atoms with Gasteiger partial charge < -0.3 is 10.4 Å². The Labute approximate surface area is 161 Å². The molecule has 2 spiro atoms. The second-order valence-electron chi connectivity index (χ2n) is 10.3. The number of hydrogen-bond acceptors (Lipinski definition) is 4. The molecule has 1 aromatic heterocycles. The summed E-state index contributed by atoms with van der Waals surface area (Å²) < 4.78 is 0. The van der Waals surface area contributed by atoms with Crippen molar-refractivity contribution in [2.75, 3.05) is 18.4 Å². The molecule has 6 aliphatic carbocycles. The van der Waals surface area contributed by atoms with Gasteiger partial charge in [0.15, 0.2) is 0 Å². The van der Waals surface area contributed by atoms with Crippen LogP contribution in [0.15, 0.2) is 30.5 Å². The average Bonchev–Trinajstić information content (AvgIpc) is 2.93. The van der Waals surface area contributed by atoms with Gasteiger partial charge in [-0.2, -0.15) is 0 Å². The minimum absolute atomic E-state index is 0.451. The summed E-state index contributed by atoms with van der Waals surface area (Å²) in [6.45, 7) is 1.82. The van der Waals surface area contributed by atoms with Gasteiger partial charge in [0, 0.05) is 53.3 Å². The number of aromatic nitrogens is 1. The van der Waals surface area contributed by atoms with Gasteiger partial charge in [0.2, 0.25) is 0 Å². The van der Waals surface area contributed by atoms with E-state index in [1.807, 2.05) is 30.5 Å². The topological polar surface area (TPSA) is 48.4 Å². The minimum atomic E-state index is -0.451. The van der Waals surface area contributed by atoms with Crippen LogP contribution in [0.1, 0.15) is 6.42 Å². The fourth-order valence-corrected chi connectivity index (χ4v) is 10.7. The van der Waals surface area contributed by atoms with Crippen molar-refractivity contribution >= 4 is 28.2 Å². The van der Waals surface area contributed by atoms with Gasteiger partial charge in [-0.15, -0.1) is 0 Å². The van der Waals surface area contributed by atoms with Gasteiger partial charge >= 0.3 is 0 Å². The third-order valence-electron chi connectivity index (χ3n) is 10.5. The number of aliphatic hydroxyl groups is 1. The summed E-state index contributed by atoms with van der Waals surface area (Å²) in [4.78, 5) is 6.98. The Morgan fingerprint density at radius 2 is 2.11 bits per heavy atom. The van der Waals surface area contributed by atoms with E-state index >= 15 is 0 Å². The molecule has 2 saturated heterocycles. The van der Waals surface area contributed by atoms with Gasteiger partial charge in [-0.05, 0) is 65.2 Å². The highest BCUT2D eigenvalue weighted by Gasteiger charge is 3.15. The Kier molecular flexibility index (Phi) is 1.79. The summed E-state index contributed by atoms with van der Waals surface area (Å²) in [5.41, 5.74) is 2.95. The molecule has 2 bridgehead atoms. The molecule has 0 radical (unpaired) electrons. The van der Waals surface area contributed by atoms with Crippen LogP contribution >= 0.6 is 11.6 Å². The van der Waals surface area contributed by atoms with E-state index in [-0.39, 0.29) is 0 Å². The molecule has 5 heteroatoms. The molecule has 0 amide bonds. The molecule has 4 nitrogen and oxygen atoms in total. The molecule has 6 saturated carbocycles. The summed E-state index contributed by atoms with van der Waals surface area (Å²) in [5.74, 6) is 4.85. The molecule has 27 heavy (non-hydrogen) atoms. The highest BCUT2D eigenvalue weighted by molar-refractivity contribution is 6.31. The number of benzene rings is 1. The number of halogens is 1. The standard InChI is InChI=1S/C22H20ClN3O/c23-9-1-2-10-11(3-4-24-12(10)7-9)25-5-6-26-18-13-14-16-15(13)22(26,27)19-17(18)20(14)8-21(16,19)20/h1-4,7,13-19,27H,5-6,8H2,(H,24,25). The average molecular weight is 378 g/mol. The predicted octanol–water partition coefficient (Wildman–Crippen LogP) is 2.81. The fourth-order valence-electron chi connectivity index (χ4n) is 10.6. The second-order valence-corrected chi connectivity index (χ2v) is 10.8. The Bertz CT molecular complexity index is 1120. The lowest BCUT2D eigenvalue weighted by atomic mass is 9.39. The van der Waals surface area contributed by atoms with E-state index < -0.39 is 5.72 Å². The summed E-state index contributed by atoms with van der Waals surface area (Å²) in [6.07, 6.45) is 3.32. The van der Waals surface area contributed by atoms with Crippen molar-refractivity contribution in [2.45, 2.75) is 18.2 Å². The van der Waals surface area contributed by atoms with Crippen molar-refractivity contribution in [3.63, 3.8) is 0 Å². The van der Waals surface area contributed by atoms with E-state index in [4.69, 9.17) is 11.6 Å². The molecule has 10 unspecified atom stereocenters. The number of rotatable bonds is 4. The lowest BCUT2D eigenvalue weighted by Gasteiger charge is -2.63. The monoisotopic (exact) mass is 377 g/mol. The Balaban J connectivity index is 1.02. The molecular weight excluding hydrogens is 358 g/mol. The molecule has 10 atom stereocenters. The van der Waals surface area contributed by atoms with Gasteiger partial charge in [0.1, 0.15) is 5.72 Å². The van der Waals surface area contributed by atoms with E-state index in [2.05, 4.69) is 15.2 Å². The van der Waals surface area contributed by atoms with Crippen LogP contribution in [0.4, 0.5) is 5.69 Å². The highest BCUT2D eigenvalue weighted by Crippen LogP contribution is 3.14. The van der Waals surface area contributed by atoms with E-state index in [1.54, 1.807) is 0 Å². The molecule has 2 N–H and O–H groups in total. The van der Waals surface area contributed by atoms with E-state index in [0.29, 0.717) is 23.3 Å². The van der Waals surface area contributed by atoms with Gasteiger partial charge in [0.25, 0.3) is 0 Å². The summed E-state index contributed by atoms with van der Waals surface area (Å²) in [6, 6.07) is 8.61. The van der Waals surface area contributed by atoms with Gasteiger partial charge in [-0.1, -0.05) is 11.6 Å². The molecule has 8 fully saturated rings. The maximum Gasteiger partial charge on any atom is 0.126 e. The first-order valence-corrected chi connectivity index (χ1v) is 10.8. The molecular formula is C22H20ClN3O. The zero-order valence-corrected chi connectivity index (χ0v) is 15.5. The van der Waals surface area contributed by atoms with Crippen LogP contribution < -0.4 is 5.32 Å². The lowest BCUT2D eigenvalue weighted by molar-refractivity contribution is -0.183. The zero-order valence-electron chi connectivity index (χ0n) is 14.8. The van der Waals surface area contributed by atoms with Crippen molar-refractivity contribution < 1.29 is 5.11 Å². The summed E-state index contributed by atoms with van der Waals surface area (Å²) in [5, 5.41) is 17.2. The molecule has 136 valence electrons. The van der Waals surface area contributed by atoms with Crippen LogP contribution in [0, 0.1) is 46.3 Å². The number of anilines is 1. The minimum Gasteiger partial charge on any atom is -0.383 e. The van der Waals surface area contributed by atoms with Crippen LogP contribution in [0.2, 0.25) is 5.02 Å². The van der Waals surface area contributed by atoms with Gasteiger partial charge in [0.05, 0.1) is 5.52 Å². The number of nitrogens with one attached hydrogen (secondary N) is 1. The highest BCUT2D eigenvalue weighted by atomic mass is 35.5. The number of fused-ring (bicyclic) bond motifs is 1. The molecule has 3 heterocycles. The third kappa shape index (κ3) is 0.961. The molecule has 2 aromatic rings. The SMILES string of the molecule is OC12C3C4C(C5C1C16CC51C4C36)N2CCNc1ccnc2cc(Cl)ccc12. The molecule has 1 aromatic carbocycles. The normalized spacial score (nSPS) is 58.1. The van der Waals surface area contributed by atoms with Crippen molar-refractivity contribution in [1.82, 2.24) is 9.88 Å². The van der Waals surface area contributed by atoms with Crippen molar-refractivity contribution in [2.24, 2.45) is 46.3 Å². The quantitative estimate of drug-likeness (QED) is 0.860. The lowest BCUT2D eigenvalue weighted by Crippen LogP contribution is -2.62. The fraction of sp³-hybridized carbons (Fsp3) is 0.591. The van der Waals surface area contributed by atoms with Crippen LogP contribution in [0.25, 0.3) is 10.9 Å². The first kappa shape index (κ1) is 13.8. The smallest absolute Gasteiger partial charge is 0.126 e. The van der Waals surface area contributed by atoms with E-state index in [0.717, 1.165) is 63.8 Å². The Hall–Kier alpha value is -1.36. The first-order valence-electron chi connectivity index (χ1n) is 10.4. The Morgan fingerprint density at radius 1 is 1.19 bits per heavy atom. The van der Waals surface area contributed by atoms with Gasteiger partial charge in [-0.3, -0.25) is 9.88 Å². The summed E-state index contributed by atoms with van der Waals surface area (Å²) >= 11 is 6.11. The number of pyridine rings is 1. The second kappa shape index (κ2) is 3.51. The van der Waals surface area contributed by atoms with E-state index in [9.17, 15) is 5.11 Å². The van der Waals surface area contributed by atoms with Crippen molar-refractivity contribution in [1.29, 1.82) is 0 Å². The molecule has 10 rings (SSSR count). The number of hydrogen-bond donors (Lipinski definition) is 2. The van der Waals surface area contributed by atoms with Crippen molar-refractivity contribution in [3.05, 3.63) is 35.5 Å². The predicted molar refractivity (Wildman–Crippen MR) is 101 cm³/mol. The van der Waals surface area contributed by atoms with Crippen LogP contribution in [0.5, 0.6) is 0 Å². The maximum absolute atomic E-state index is 11.8. The largest absolute Gasteiger partial charge is 0.383 e. The summed E-state index contributed by atoms with van der Waals surface area (Å²) in [7, 11) is 0. The van der Waals surface area contributed by atoms with Gasteiger partial charge in [-0.25, -0.2) is 0 Å². The van der Waals surface area contributed by atoms with Crippen LogP contribution in [-0.2, 0) is 0 Å². The van der Waals surface area contributed by atoms with Crippen LogP contribution in [0.3, 0.4) is 0 Å². The zero-order chi connectivity index (χ0) is 17.5. The van der Waals surface area contributed by atoms with Crippen molar-refractivity contribution in [3.8, 4) is 0 Å². The third-order valence-corrected chi connectivity index (χ3v) is 10.8. The van der Waals surface area contributed by atoms with E-state index in [1.165, 1.54) is 6.42 Å². The Morgan fingerprint density at radius 3 is 3.04 bits per heavy atom. The number of nitrogens with zero attached hydrogens (tertiary/aromatic N) is 2. The molecule has 8 aliphatic rings. The first-order chi connectivity index (χ1) is 13.2.